The van der Waals surface area contributed by atoms with Crippen molar-refractivity contribution >= 4 is 21.5 Å². The summed E-state index contributed by atoms with van der Waals surface area (Å²) in [5, 5.41) is 20.1. The van der Waals surface area contributed by atoms with Crippen molar-refractivity contribution in [2.24, 2.45) is 0 Å². The zero-order valence-corrected chi connectivity index (χ0v) is 20.5. The standard InChI is InChI=1S/C32H26N2O2/c1-32(2,3)23-18-26(20-11-5-4-6-12-20)29(35)27(19-23)31-33-30(34-36-31)28-24-15-9-7-13-21(24)17-22-14-8-10-16-25(22)28/h4-19,35H,1-3H3. The van der Waals surface area contributed by atoms with Gasteiger partial charge in [-0.25, -0.2) is 0 Å². The van der Waals surface area contributed by atoms with E-state index in [1.807, 2.05) is 66.7 Å². The second-order valence-electron chi connectivity index (χ2n) is 10.2. The Hall–Kier alpha value is -4.44. The fourth-order valence-corrected chi connectivity index (χ4v) is 4.76. The highest BCUT2D eigenvalue weighted by atomic mass is 16.5. The number of nitrogens with zero attached hydrogens (tertiary/aromatic N) is 2. The van der Waals surface area contributed by atoms with E-state index in [0.717, 1.165) is 43.8 Å². The van der Waals surface area contributed by atoms with Gasteiger partial charge in [-0.1, -0.05) is 105 Å². The Bertz CT molecular complexity index is 1670. The van der Waals surface area contributed by atoms with Crippen molar-refractivity contribution in [2.75, 3.05) is 0 Å². The predicted octanol–water partition coefficient (Wildman–Crippen LogP) is 8.38. The molecule has 0 aliphatic heterocycles. The molecule has 0 unspecified atom stereocenters. The molecule has 4 heteroatoms. The molecular weight excluding hydrogens is 444 g/mol. The number of aromatic hydroxyl groups is 1. The highest BCUT2D eigenvalue weighted by Crippen LogP contribution is 2.42. The van der Waals surface area contributed by atoms with Crippen molar-refractivity contribution in [3.05, 3.63) is 103 Å². The lowest BCUT2D eigenvalue weighted by Gasteiger charge is -2.22. The van der Waals surface area contributed by atoms with Crippen LogP contribution in [0.25, 0.3) is 55.5 Å². The maximum absolute atomic E-state index is 11.4. The molecule has 0 radical (unpaired) electrons. The summed E-state index contributed by atoms with van der Waals surface area (Å²) < 4.78 is 5.82. The van der Waals surface area contributed by atoms with Crippen LogP contribution in [0.3, 0.4) is 0 Å². The monoisotopic (exact) mass is 470 g/mol. The number of benzene rings is 5. The van der Waals surface area contributed by atoms with E-state index >= 15 is 0 Å². The molecule has 4 nitrogen and oxygen atoms in total. The van der Waals surface area contributed by atoms with Crippen LogP contribution in [-0.2, 0) is 5.41 Å². The molecule has 5 aromatic carbocycles. The van der Waals surface area contributed by atoms with Gasteiger partial charge in [0.1, 0.15) is 5.75 Å². The number of aromatic nitrogens is 2. The van der Waals surface area contributed by atoms with Crippen LogP contribution in [0.5, 0.6) is 5.75 Å². The molecule has 1 N–H and O–H groups in total. The Morgan fingerprint density at radius 2 is 1.28 bits per heavy atom. The van der Waals surface area contributed by atoms with E-state index in [2.05, 4.69) is 56.3 Å². The van der Waals surface area contributed by atoms with Crippen molar-refractivity contribution < 1.29 is 9.63 Å². The largest absolute Gasteiger partial charge is 0.506 e. The summed E-state index contributed by atoms with van der Waals surface area (Å²) in [5.74, 6) is 0.926. The zero-order chi connectivity index (χ0) is 24.9. The minimum atomic E-state index is -0.138. The third-order valence-electron chi connectivity index (χ3n) is 6.71. The molecule has 0 spiro atoms. The van der Waals surface area contributed by atoms with Gasteiger partial charge in [0, 0.05) is 11.1 Å². The number of fused-ring (bicyclic) bond motifs is 2. The molecule has 0 fully saturated rings. The van der Waals surface area contributed by atoms with Crippen molar-refractivity contribution in [2.45, 2.75) is 26.2 Å². The van der Waals surface area contributed by atoms with Crippen molar-refractivity contribution in [3.8, 4) is 39.7 Å². The Morgan fingerprint density at radius 3 is 1.92 bits per heavy atom. The van der Waals surface area contributed by atoms with Crippen LogP contribution >= 0.6 is 0 Å². The maximum atomic E-state index is 11.4. The summed E-state index contributed by atoms with van der Waals surface area (Å²) in [5.41, 5.74) is 4.07. The Balaban J connectivity index is 1.58. The first-order valence-electron chi connectivity index (χ1n) is 12.1. The lowest BCUT2D eigenvalue weighted by molar-refractivity contribution is 0.425. The zero-order valence-electron chi connectivity index (χ0n) is 20.5. The van der Waals surface area contributed by atoms with Gasteiger partial charge in [0.15, 0.2) is 0 Å². The predicted molar refractivity (Wildman–Crippen MR) is 146 cm³/mol. The summed E-state index contributed by atoms with van der Waals surface area (Å²) in [6.45, 7) is 6.46. The number of hydrogen-bond acceptors (Lipinski definition) is 4. The lowest BCUT2D eigenvalue weighted by atomic mass is 9.83. The van der Waals surface area contributed by atoms with E-state index in [0.29, 0.717) is 17.3 Å². The van der Waals surface area contributed by atoms with Crippen LogP contribution in [0, 0.1) is 0 Å². The Morgan fingerprint density at radius 1 is 0.694 bits per heavy atom. The number of rotatable bonds is 3. The van der Waals surface area contributed by atoms with E-state index in [1.54, 1.807) is 0 Å². The minimum Gasteiger partial charge on any atom is -0.506 e. The van der Waals surface area contributed by atoms with Gasteiger partial charge in [-0.05, 0) is 56.3 Å². The van der Waals surface area contributed by atoms with E-state index in [4.69, 9.17) is 9.51 Å². The summed E-state index contributed by atoms with van der Waals surface area (Å²) >= 11 is 0. The van der Waals surface area contributed by atoms with E-state index in [1.165, 1.54) is 0 Å². The van der Waals surface area contributed by atoms with Gasteiger partial charge in [-0.2, -0.15) is 4.98 Å². The second-order valence-corrected chi connectivity index (χ2v) is 10.2. The van der Waals surface area contributed by atoms with Gasteiger partial charge in [-0.15, -0.1) is 0 Å². The fourth-order valence-electron chi connectivity index (χ4n) is 4.76. The molecule has 0 aliphatic rings. The first-order valence-corrected chi connectivity index (χ1v) is 12.1. The number of phenols is 1. The number of phenolic OH excluding ortho intramolecular Hbond substituents is 1. The molecule has 1 heterocycles. The number of hydrogen-bond donors (Lipinski definition) is 1. The summed E-state index contributed by atoms with van der Waals surface area (Å²) in [4.78, 5) is 4.83. The average molecular weight is 471 g/mol. The van der Waals surface area contributed by atoms with Crippen LogP contribution in [0.1, 0.15) is 26.3 Å². The van der Waals surface area contributed by atoms with Crippen LogP contribution in [-0.4, -0.2) is 15.2 Å². The van der Waals surface area contributed by atoms with Gasteiger partial charge < -0.3 is 9.63 Å². The van der Waals surface area contributed by atoms with Gasteiger partial charge in [0.25, 0.3) is 5.89 Å². The molecule has 0 aliphatic carbocycles. The second kappa shape index (κ2) is 8.35. The van der Waals surface area contributed by atoms with Crippen LogP contribution < -0.4 is 0 Å². The molecule has 1 aromatic heterocycles. The molecule has 0 amide bonds. The third-order valence-corrected chi connectivity index (χ3v) is 6.71. The quantitative estimate of drug-likeness (QED) is 0.264. The molecular formula is C32H26N2O2. The molecule has 0 atom stereocenters. The highest BCUT2D eigenvalue weighted by Gasteiger charge is 2.24. The Labute approximate surface area is 209 Å². The summed E-state index contributed by atoms with van der Waals surface area (Å²) in [6, 6.07) is 32.5. The lowest BCUT2D eigenvalue weighted by Crippen LogP contribution is -2.11. The van der Waals surface area contributed by atoms with Crippen molar-refractivity contribution in [3.63, 3.8) is 0 Å². The Kier molecular flexibility index (Phi) is 5.11. The SMILES string of the molecule is CC(C)(C)c1cc(-c2ccccc2)c(O)c(-c2nc(-c3c4ccccc4cc4ccccc34)no2)c1. The molecule has 6 rings (SSSR count). The first-order chi connectivity index (χ1) is 17.4. The van der Waals surface area contributed by atoms with Gasteiger partial charge in [-0.3, -0.25) is 0 Å². The maximum Gasteiger partial charge on any atom is 0.262 e. The topological polar surface area (TPSA) is 59.2 Å². The molecule has 0 saturated heterocycles. The van der Waals surface area contributed by atoms with Gasteiger partial charge >= 0.3 is 0 Å². The average Bonchev–Trinajstić information content (AvgIpc) is 3.36. The van der Waals surface area contributed by atoms with Crippen LogP contribution in [0.15, 0.2) is 102 Å². The van der Waals surface area contributed by atoms with E-state index < -0.39 is 0 Å². The van der Waals surface area contributed by atoms with E-state index in [9.17, 15) is 5.11 Å². The molecule has 0 bridgehead atoms. The normalized spacial score (nSPS) is 11.9. The molecule has 176 valence electrons. The smallest absolute Gasteiger partial charge is 0.262 e. The van der Waals surface area contributed by atoms with E-state index in [-0.39, 0.29) is 11.2 Å². The van der Waals surface area contributed by atoms with Crippen molar-refractivity contribution in [1.29, 1.82) is 0 Å². The minimum absolute atomic E-state index is 0.132. The molecule has 6 aromatic rings. The van der Waals surface area contributed by atoms with Crippen LogP contribution in [0.2, 0.25) is 0 Å². The summed E-state index contributed by atoms with van der Waals surface area (Å²) in [7, 11) is 0. The summed E-state index contributed by atoms with van der Waals surface area (Å²) in [6.07, 6.45) is 0. The van der Waals surface area contributed by atoms with Gasteiger partial charge in [0.05, 0.1) is 5.56 Å². The molecule has 36 heavy (non-hydrogen) atoms. The highest BCUT2D eigenvalue weighted by molar-refractivity contribution is 6.11. The van der Waals surface area contributed by atoms with Gasteiger partial charge in [0.2, 0.25) is 5.82 Å². The third kappa shape index (κ3) is 3.72. The molecule has 0 saturated carbocycles. The van der Waals surface area contributed by atoms with Crippen LogP contribution in [0.4, 0.5) is 0 Å². The first kappa shape index (κ1) is 22.1. The van der Waals surface area contributed by atoms with Crippen molar-refractivity contribution in [1.82, 2.24) is 10.1 Å². The fraction of sp³-hybridized carbons (Fsp3) is 0.125.